The zero-order valence-electron chi connectivity index (χ0n) is 5.77. The zero-order valence-corrected chi connectivity index (χ0v) is 6.66. The number of nitrogens with one attached hydrogen (secondary N) is 2. The highest BCUT2D eigenvalue weighted by atomic mass is 32.1. The predicted molar refractivity (Wildman–Crippen MR) is 43.7 cm³/mol. The third kappa shape index (κ3) is 1.26. The van der Waals surface area contributed by atoms with E-state index in [1.54, 1.807) is 0 Å². The molecule has 4 heteroatoms. The van der Waals surface area contributed by atoms with Crippen molar-refractivity contribution in [2.24, 2.45) is 0 Å². The smallest absolute Gasteiger partial charge is 0.267 e. The van der Waals surface area contributed by atoms with Gasteiger partial charge in [-0.25, -0.2) is 0 Å². The van der Waals surface area contributed by atoms with Gasteiger partial charge in [0.2, 0.25) is 0 Å². The normalized spacial score (nSPS) is 10.2. The minimum atomic E-state index is -0.0217. The first-order chi connectivity index (χ1) is 4.75. The van der Waals surface area contributed by atoms with E-state index in [0.29, 0.717) is 5.75 Å². The van der Waals surface area contributed by atoms with Gasteiger partial charge in [0.1, 0.15) is 0 Å². The Morgan fingerprint density at radius 3 is 2.60 bits per heavy atom. The van der Waals surface area contributed by atoms with Crippen molar-refractivity contribution in [1.29, 1.82) is 0 Å². The molecule has 0 bridgehead atoms. The van der Waals surface area contributed by atoms with Gasteiger partial charge in [-0.3, -0.25) is 9.89 Å². The van der Waals surface area contributed by atoms with E-state index in [4.69, 9.17) is 0 Å². The van der Waals surface area contributed by atoms with Crippen LogP contribution in [0.25, 0.3) is 0 Å². The molecule has 1 aromatic heterocycles. The standard InChI is InChI=1S/C6H10N2OS/c1-4-5(2-3-10)6(9)8-7-4/h10H,2-3H2,1H3,(H2,7,8,9). The highest BCUT2D eigenvalue weighted by Gasteiger charge is 2.02. The zero-order chi connectivity index (χ0) is 7.56. The van der Waals surface area contributed by atoms with Gasteiger partial charge in [0.05, 0.1) is 0 Å². The Labute approximate surface area is 64.2 Å². The SMILES string of the molecule is Cc1[nH][nH]c(=O)c1CCS. The number of rotatable bonds is 2. The molecule has 10 heavy (non-hydrogen) atoms. The second kappa shape index (κ2) is 2.96. The number of H-pyrrole nitrogens is 2. The lowest BCUT2D eigenvalue weighted by Gasteiger charge is -1.89. The molecule has 0 aromatic carbocycles. The van der Waals surface area contributed by atoms with E-state index >= 15 is 0 Å². The average molecular weight is 158 g/mol. The number of hydrogen-bond donors (Lipinski definition) is 3. The summed E-state index contributed by atoms with van der Waals surface area (Å²) in [6, 6.07) is 0. The van der Waals surface area contributed by atoms with E-state index in [2.05, 4.69) is 22.8 Å². The maximum Gasteiger partial charge on any atom is 0.267 e. The van der Waals surface area contributed by atoms with Crippen LogP contribution in [0.2, 0.25) is 0 Å². The Bertz CT molecular complexity index is 263. The van der Waals surface area contributed by atoms with Crippen molar-refractivity contribution in [3.8, 4) is 0 Å². The van der Waals surface area contributed by atoms with Gasteiger partial charge >= 0.3 is 0 Å². The largest absolute Gasteiger partial charge is 0.302 e. The van der Waals surface area contributed by atoms with Crippen LogP contribution in [0.3, 0.4) is 0 Å². The summed E-state index contributed by atoms with van der Waals surface area (Å²) in [6.07, 6.45) is 0.730. The third-order valence-electron chi connectivity index (χ3n) is 1.45. The Morgan fingerprint density at radius 2 is 2.20 bits per heavy atom. The molecule has 0 atom stereocenters. The number of aromatic amines is 2. The molecule has 0 aliphatic rings. The lowest BCUT2D eigenvalue weighted by molar-refractivity contribution is 1.02. The van der Waals surface area contributed by atoms with Crippen LogP contribution in [-0.4, -0.2) is 16.0 Å². The topological polar surface area (TPSA) is 48.6 Å². The Balaban J connectivity index is 2.99. The van der Waals surface area contributed by atoms with Crippen LogP contribution in [0, 0.1) is 6.92 Å². The molecule has 2 N–H and O–H groups in total. The number of hydrogen-bond acceptors (Lipinski definition) is 2. The maximum atomic E-state index is 10.9. The van der Waals surface area contributed by atoms with Crippen LogP contribution in [0.15, 0.2) is 4.79 Å². The highest BCUT2D eigenvalue weighted by molar-refractivity contribution is 7.80. The molecule has 0 aliphatic heterocycles. The first kappa shape index (κ1) is 7.47. The summed E-state index contributed by atoms with van der Waals surface area (Å²) in [5.41, 5.74) is 1.71. The minimum Gasteiger partial charge on any atom is -0.302 e. The number of aryl methyl sites for hydroxylation is 1. The van der Waals surface area contributed by atoms with Gasteiger partial charge in [0.15, 0.2) is 0 Å². The van der Waals surface area contributed by atoms with Gasteiger partial charge in [-0.15, -0.1) is 0 Å². The van der Waals surface area contributed by atoms with Gasteiger partial charge in [0, 0.05) is 11.3 Å². The lowest BCUT2D eigenvalue weighted by atomic mass is 10.2. The van der Waals surface area contributed by atoms with Crippen molar-refractivity contribution in [2.45, 2.75) is 13.3 Å². The van der Waals surface area contributed by atoms with Crippen LogP contribution in [0.4, 0.5) is 0 Å². The summed E-state index contributed by atoms with van der Waals surface area (Å²) in [6.45, 7) is 1.87. The number of thiol groups is 1. The minimum absolute atomic E-state index is 0.0217. The first-order valence-electron chi connectivity index (χ1n) is 3.12. The fourth-order valence-corrected chi connectivity index (χ4v) is 1.11. The molecule has 0 radical (unpaired) electrons. The fourth-order valence-electron chi connectivity index (χ4n) is 0.885. The Kier molecular flexibility index (Phi) is 2.21. The van der Waals surface area contributed by atoms with Crippen LogP contribution in [-0.2, 0) is 6.42 Å². The molecule has 1 heterocycles. The monoisotopic (exact) mass is 158 g/mol. The van der Waals surface area contributed by atoms with Crippen molar-refractivity contribution in [1.82, 2.24) is 10.2 Å². The second-order valence-corrected chi connectivity index (χ2v) is 2.60. The van der Waals surface area contributed by atoms with Crippen LogP contribution in [0.1, 0.15) is 11.3 Å². The molecule has 1 aromatic rings. The van der Waals surface area contributed by atoms with Gasteiger partial charge in [0.25, 0.3) is 5.56 Å². The summed E-state index contributed by atoms with van der Waals surface area (Å²) in [5, 5.41) is 5.26. The molecule has 0 amide bonds. The van der Waals surface area contributed by atoms with Crippen molar-refractivity contribution >= 4 is 12.6 Å². The fraction of sp³-hybridized carbons (Fsp3) is 0.500. The quantitative estimate of drug-likeness (QED) is 0.539. The molecule has 0 saturated heterocycles. The van der Waals surface area contributed by atoms with E-state index in [0.717, 1.165) is 17.7 Å². The molecule has 0 saturated carbocycles. The molecule has 0 spiro atoms. The maximum absolute atomic E-state index is 10.9. The second-order valence-electron chi connectivity index (χ2n) is 2.16. The lowest BCUT2D eigenvalue weighted by Crippen LogP contribution is -2.06. The summed E-state index contributed by atoms with van der Waals surface area (Å²) in [5.74, 6) is 0.710. The van der Waals surface area contributed by atoms with Crippen molar-refractivity contribution in [3.05, 3.63) is 21.6 Å². The number of aromatic nitrogens is 2. The molecular weight excluding hydrogens is 148 g/mol. The van der Waals surface area contributed by atoms with Gasteiger partial charge < -0.3 is 5.10 Å². The molecule has 0 aliphatic carbocycles. The van der Waals surface area contributed by atoms with Crippen molar-refractivity contribution in [2.75, 3.05) is 5.75 Å². The van der Waals surface area contributed by atoms with Crippen molar-refractivity contribution < 1.29 is 0 Å². The molecule has 56 valence electrons. The van der Waals surface area contributed by atoms with Gasteiger partial charge in [-0.1, -0.05) is 0 Å². The van der Waals surface area contributed by atoms with Crippen LogP contribution < -0.4 is 5.56 Å². The van der Waals surface area contributed by atoms with Crippen LogP contribution >= 0.6 is 12.6 Å². The third-order valence-corrected chi connectivity index (χ3v) is 1.68. The van der Waals surface area contributed by atoms with Crippen molar-refractivity contribution in [3.63, 3.8) is 0 Å². The van der Waals surface area contributed by atoms with Crippen LogP contribution in [0.5, 0.6) is 0 Å². The Morgan fingerprint density at radius 1 is 1.50 bits per heavy atom. The molecule has 0 fully saturated rings. The molecule has 0 unspecified atom stereocenters. The van der Waals surface area contributed by atoms with E-state index < -0.39 is 0 Å². The highest BCUT2D eigenvalue weighted by Crippen LogP contribution is 1.98. The van der Waals surface area contributed by atoms with E-state index in [9.17, 15) is 4.79 Å². The summed E-state index contributed by atoms with van der Waals surface area (Å²) < 4.78 is 0. The molecular formula is C6H10N2OS. The summed E-state index contributed by atoms with van der Waals surface area (Å²) in [4.78, 5) is 10.9. The Hall–Kier alpha value is -0.640. The molecule has 3 nitrogen and oxygen atoms in total. The van der Waals surface area contributed by atoms with Gasteiger partial charge in [-0.2, -0.15) is 12.6 Å². The molecule has 1 rings (SSSR count). The van der Waals surface area contributed by atoms with E-state index in [1.165, 1.54) is 0 Å². The average Bonchev–Trinajstić information content (AvgIpc) is 2.20. The summed E-state index contributed by atoms with van der Waals surface area (Å²) >= 11 is 4.03. The van der Waals surface area contributed by atoms with Gasteiger partial charge in [-0.05, 0) is 19.1 Å². The first-order valence-corrected chi connectivity index (χ1v) is 3.76. The predicted octanol–water partition coefficient (Wildman–Crippen LogP) is 0.484. The van der Waals surface area contributed by atoms with E-state index in [1.807, 2.05) is 6.92 Å². The van der Waals surface area contributed by atoms with E-state index in [-0.39, 0.29) is 5.56 Å². The summed E-state index contributed by atoms with van der Waals surface area (Å²) in [7, 11) is 0.